The Morgan fingerprint density at radius 2 is 2.17 bits per heavy atom. The van der Waals surface area contributed by atoms with Crippen molar-refractivity contribution >= 4 is 17.2 Å². The Balaban J connectivity index is 2.62. The maximum absolute atomic E-state index is 5.58. The van der Waals surface area contributed by atoms with Crippen LogP contribution in [-0.4, -0.2) is 28.0 Å². The lowest BCUT2D eigenvalue weighted by atomic mass is 10.2. The van der Waals surface area contributed by atoms with Crippen molar-refractivity contribution in [1.82, 2.24) is 9.88 Å². The Morgan fingerprint density at radius 1 is 1.44 bits per heavy atom. The molecule has 3 nitrogen and oxygen atoms in total. The molecule has 0 aliphatic heterocycles. The van der Waals surface area contributed by atoms with Crippen LogP contribution in [0.15, 0.2) is 18.2 Å². The van der Waals surface area contributed by atoms with Gasteiger partial charge in [-0.1, -0.05) is 32.1 Å². The first-order chi connectivity index (χ1) is 8.47. The van der Waals surface area contributed by atoms with Gasteiger partial charge in [-0.3, -0.25) is 9.88 Å². The van der Waals surface area contributed by atoms with E-state index in [1.165, 1.54) is 0 Å². The number of nitrogens with zero attached hydrogens (tertiary/aromatic N) is 2. The quantitative estimate of drug-likeness (QED) is 0.769. The largest absolute Gasteiger partial charge is 0.393 e. The molecule has 1 rings (SSSR count). The zero-order valence-corrected chi connectivity index (χ0v) is 12.3. The fraction of sp³-hybridized carbons (Fsp3) is 0.571. The molecule has 0 amide bonds. The van der Waals surface area contributed by atoms with Gasteiger partial charge in [0.25, 0.3) is 0 Å². The van der Waals surface area contributed by atoms with Gasteiger partial charge in [0, 0.05) is 31.7 Å². The van der Waals surface area contributed by atoms with E-state index >= 15 is 0 Å². The first kappa shape index (κ1) is 15.1. The number of hydrogen-bond donors (Lipinski definition) is 1. The minimum atomic E-state index is 0.584. The van der Waals surface area contributed by atoms with Gasteiger partial charge in [0.2, 0.25) is 0 Å². The summed E-state index contributed by atoms with van der Waals surface area (Å²) in [7, 11) is 0. The molecule has 0 aliphatic carbocycles. The first-order valence-electron chi connectivity index (χ1n) is 6.40. The van der Waals surface area contributed by atoms with Crippen molar-refractivity contribution in [3.05, 3.63) is 29.6 Å². The highest BCUT2D eigenvalue weighted by molar-refractivity contribution is 7.80. The number of aryl methyl sites for hydroxylation is 1. The topological polar surface area (TPSA) is 42.1 Å². The number of hydrogen-bond acceptors (Lipinski definition) is 3. The number of thiocarbonyl (C=S) groups is 1. The van der Waals surface area contributed by atoms with Crippen LogP contribution < -0.4 is 5.73 Å². The predicted octanol–water partition coefficient (Wildman–Crippen LogP) is 2.52. The Kier molecular flexibility index (Phi) is 6.22. The molecule has 18 heavy (non-hydrogen) atoms. The number of pyridine rings is 1. The van der Waals surface area contributed by atoms with Crippen LogP contribution in [0.25, 0.3) is 0 Å². The van der Waals surface area contributed by atoms with E-state index in [1.54, 1.807) is 0 Å². The van der Waals surface area contributed by atoms with Crippen LogP contribution in [0.4, 0.5) is 0 Å². The smallest absolute Gasteiger partial charge is 0.0740 e. The second kappa shape index (κ2) is 7.44. The van der Waals surface area contributed by atoms with Gasteiger partial charge < -0.3 is 5.73 Å². The fourth-order valence-electron chi connectivity index (χ4n) is 1.94. The van der Waals surface area contributed by atoms with Crippen LogP contribution in [0.2, 0.25) is 0 Å². The molecule has 4 heteroatoms. The minimum absolute atomic E-state index is 0.584. The normalized spacial score (nSPS) is 11.2. The number of rotatable bonds is 7. The average Bonchev–Trinajstić information content (AvgIpc) is 2.25. The minimum Gasteiger partial charge on any atom is -0.393 e. The third kappa shape index (κ3) is 6.07. The number of nitrogens with two attached hydrogens (primary N) is 1. The molecule has 0 saturated heterocycles. The monoisotopic (exact) mass is 265 g/mol. The summed E-state index contributed by atoms with van der Waals surface area (Å²) in [6, 6.07) is 6.14. The van der Waals surface area contributed by atoms with Crippen LogP contribution >= 0.6 is 12.2 Å². The Hall–Kier alpha value is -1.00. The third-order valence-corrected chi connectivity index (χ3v) is 2.83. The zero-order chi connectivity index (χ0) is 13.5. The highest BCUT2D eigenvalue weighted by Crippen LogP contribution is 2.07. The van der Waals surface area contributed by atoms with E-state index in [4.69, 9.17) is 18.0 Å². The molecule has 0 aliphatic rings. The zero-order valence-electron chi connectivity index (χ0n) is 11.5. The molecule has 0 bridgehead atoms. The van der Waals surface area contributed by atoms with Gasteiger partial charge in [-0.25, -0.2) is 0 Å². The van der Waals surface area contributed by atoms with Gasteiger partial charge in [-0.05, 0) is 25.0 Å². The summed E-state index contributed by atoms with van der Waals surface area (Å²) in [5.74, 6) is 0.626. The molecule has 0 radical (unpaired) electrons. The summed E-state index contributed by atoms with van der Waals surface area (Å²) >= 11 is 4.95. The second-order valence-corrected chi connectivity index (χ2v) is 5.64. The second-order valence-electron chi connectivity index (χ2n) is 5.12. The van der Waals surface area contributed by atoms with Crippen molar-refractivity contribution in [3.8, 4) is 0 Å². The lowest BCUT2D eigenvalue weighted by Crippen LogP contribution is -2.31. The van der Waals surface area contributed by atoms with E-state index < -0.39 is 0 Å². The molecular weight excluding hydrogens is 242 g/mol. The summed E-state index contributed by atoms with van der Waals surface area (Å²) in [6.07, 6.45) is 0.772. The Bertz CT molecular complexity index is 390. The lowest BCUT2D eigenvalue weighted by molar-refractivity contribution is 0.240. The van der Waals surface area contributed by atoms with Crippen LogP contribution in [-0.2, 0) is 6.54 Å². The summed E-state index contributed by atoms with van der Waals surface area (Å²) in [4.78, 5) is 7.49. The van der Waals surface area contributed by atoms with Gasteiger partial charge in [-0.2, -0.15) is 0 Å². The van der Waals surface area contributed by atoms with E-state index in [-0.39, 0.29) is 0 Å². The van der Waals surface area contributed by atoms with Gasteiger partial charge in [0.05, 0.1) is 10.7 Å². The molecule has 0 fully saturated rings. The molecule has 1 aromatic heterocycles. The Morgan fingerprint density at radius 3 is 2.72 bits per heavy atom. The fourth-order valence-corrected chi connectivity index (χ4v) is 2.03. The summed E-state index contributed by atoms with van der Waals surface area (Å²) in [5, 5.41) is 0. The lowest BCUT2D eigenvalue weighted by Gasteiger charge is -2.23. The highest BCUT2D eigenvalue weighted by atomic mass is 32.1. The third-order valence-electron chi connectivity index (χ3n) is 2.63. The van der Waals surface area contributed by atoms with Crippen LogP contribution in [0.3, 0.4) is 0 Å². The summed E-state index contributed by atoms with van der Waals surface area (Å²) in [6.45, 7) is 9.27. The van der Waals surface area contributed by atoms with E-state index in [0.29, 0.717) is 10.9 Å². The van der Waals surface area contributed by atoms with Crippen molar-refractivity contribution in [2.45, 2.75) is 33.7 Å². The summed E-state index contributed by atoms with van der Waals surface area (Å²) in [5.41, 5.74) is 7.75. The molecule has 0 aromatic carbocycles. The van der Waals surface area contributed by atoms with Crippen LogP contribution in [0, 0.1) is 12.8 Å². The van der Waals surface area contributed by atoms with E-state index in [0.717, 1.165) is 37.4 Å². The van der Waals surface area contributed by atoms with Gasteiger partial charge >= 0.3 is 0 Å². The molecular formula is C14H23N3S. The molecule has 0 unspecified atom stereocenters. The van der Waals surface area contributed by atoms with Crippen molar-refractivity contribution < 1.29 is 0 Å². The SMILES string of the molecule is Cc1cccc(CN(CCC(N)=S)CC(C)C)n1. The molecule has 0 atom stereocenters. The maximum Gasteiger partial charge on any atom is 0.0740 e. The molecule has 100 valence electrons. The first-order valence-corrected chi connectivity index (χ1v) is 6.81. The molecule has 1 heterocycles. The number of aromatic nitrogens is 1. The van der Waals surface area contributed by atoms with Gasteiger partial charge in [0.1, 0.15) is 0 Å². The molecule has 1 aromatic rings. The van der Waals surface area contributed by atoms with Crippen molar-refractivity contribution in [3.63, 3.8) is 0 Å². The predicted molar refractivity (Wildman–Crippen MR) is 80.5 cm³/mol. The Labute approximate surface area is 115 Å². The average molecular weight is 265 g/mol. The highest BCUT2D eigenvalue weighted by Gasteiger charge is 2.09. The van der Waals surface area contributed by atoms with Gasteiger partial charge in [0.15, 0.2) is 0 Å². The summed E-state index contributed by atoms with van der Waals surface area (Å²) < 4.78 is 0. The van der Waals surface area contributed by atoms with Crippen molar-refractivity contribution in [2.24, 2.45) is 11.7 Å². The van der Waals surface area contributed by atoms with Crippen LogP contribution in [0.5, 0.6) is 0 Å². The van der Waals surface area contributed by atoms with E-state index in [2.05, 4.69) is 35.9 Å². The van der Waals surface area contributed by atoms with Crippen molar-refractivity contribution in [2.75, 3.05) is 13.1 Å². The van der Waals surface area contributed by atoms with E-state index in [9.17, 15) is 0 Å². The van der Waals surface area contributed by atoms with Crippen molar-refractivity contribution in [1.29, 1.82) is 0 Å². The molecule has 0 saturated carbocycles. The standard InChI is InChI=1S/C14H23N3S/c1-11(2)9-17(8-7-14(15)18)10-13-6-4-5-12(3)16-13/h4-6,11H,7-10H2,1-3H3,(H2,15,18). The van der Waals surface area contributed by atoms with Gasteiger partial charge in [-0.15, -0.1) is 0 Å². The van der Waals surface area contributed by atoms with E-state index in [1.807, 2.05) is 13.0 Å². The maximum atomic E-state index is 5.58. The van der Waals surface area contributed by atoms with Crippen LogP contribution in [0.1, 0.15) is 31.7 Å². The molecule has 2 N–H and O–H groups in total. The molecule has 0 spiro atoms.